The zero-order chi connectivity index (χ0) is 20.8. The lowest BCUT2D eigenvalue weighted by Gasteiger charge is -2.24. The molecule has 3 aromatic carbocycles. The van der Waals surface area contributed by atoms with E-state index >= 15 is 0 Å². The summed E-state index contributed by atoms with van der Waals surface area (Å²) >= 11 is 0. The van der Waals surface area contributed by atoms with Crippen LogP contribution in [0.5, 0.6) is 0 Å². The SMILES string of the molecule is CC(C)c1ccc(C(CC(O)c2ccccc2)Nc2cccc([N+](=O)[O-])c2)cc1. The Kier molecular flexibility index (Phi) is 6.62. The molecule has 0 bridgehead atoms. The van der Waals surface area contributed by atoms with E-state index in [1.54, 1.807) is 12.1 Å². The first-order valence-corrected chi connectivity index (χ1v) is 9.78. The Bertz CT molecular complexity index is 940. The van der Waals surface area contributed by atoms with Gasteiger partial charge in [-0.15, -0.1) is 0 Å². The van der Waals surface area contributed by atoms with Crippen molar-refractivity contribution < 1.29 is 10.0 Å². The highest BCUT2D eigenvalue weighted by atomic mass is 16.6. The molecule has 2 N–H and O–H groups in total. The van der Waals surface area contributed by atoms with Crippen molar-refractivity contribution in [2.45, 2.75) is 38.3 Å². The van der Waals surface area contributed by atoms with Crippen LogP contribution in [0.15, 0.2) is 78.9 Å². The summed E-state index contributed by atoms with van der Waals surface area (Å²) in [6, 6.07) is 24.1. The molecule has 0 aliphatic rings. The zero-order valence-electron chi connectivity index (χ0n) is 16.7. The highest BCUT2D eigenvalue weighted by molar-refractivity contribution is 5.52. The lowest BCUT2D eigenvalue weighted by molar-refractivity contribution is -0.384. The van der Waals surface area contributed by atoms with Gasteiger partial charge in [0.25, 0.3) is 5.69 Å². The Labute approximate surface area is 171 Å². The second-order valence-corrected chi connectivity index (χ2v) is 7.49. The second-order valence-electron chi connectivity index (χ2n) is 7.49. The van der Waals surface area contributed by atoms with E-state index in [4.69, 9.17) is 0 Å². The Morgan fingerprint density at radius 3 is 2.17 bits per heavy atom. The van der Waals surface area contributed by atoms with Crippen molar-refractivity contribution in [3.63, 3.8) is 0 Å². The summed E-state index contributed by atoms with van der Waals surface area (Å²) < 4.78 is 0. The topological polar surface area (TPSA) is 75.4 Å². The largest absolute Gasteiger partial charge is 0.388 e. The number of benzene rings is 3. The van der Waals surface area contributed by atoms with Crippen LogP contribution in [0.25, 0.3) is 0 Å². The monoisotopic (exact) mass is 390 g/mol. The third-order valence-corrected chi connectivity index (χ3v) is 5.05. The zero-order valence-corrected chi connectivity index (χ0v) is 16.7. The molecule has 5 heteroatoms. The van der Waals surface area contributed by atoms with E-state index in [1.807, 2.05) is 30.3 Å². The highest BCUT2D eigenvalue weighted by Gasteiger charge is 2.19. The number of nitro groups is 1. The molecule has 3 aromatic rings. The molecule has 0 fully saturated rings. The van der Waals surface area contributed by atoms with Gasteiger partial charge in [-0.3, -0.25) is 10.1 Å². The third kappa shape index (κ3) is 5.42. The number of nitro benzene ring substituents is 1. The summed E-state index contributed by atoms with van der Waals surface area (Å²) in [5.41, 5.74) is 3.80. The van der Waals surface area contributed by atoms with Crippen LogP contribution in [0.4, 0.5) is 11.4 Å². The highest BCUT2D eigenvalue weighted by Crippen LogP contribution is 2.31. The van der Waals surface area contributed by atoms with Crippen LogP contribution >= 0.6 is 0 Å². The molecule has 2 unspecified atom stereocenters. The van der Waals surface area contributed by atoms with E-state index < -0.39 is 11.0 Å². The molecule has 0 saturated heterocycles. The molecule has 0 spiro atoms. The summed E-state index contributed by atoms with van der Waals surface area (Å²) in [7, 11) is 0. The molecule has 0 aromatic heterocycles. The minimum atomic E-state index is -0.655. The smallest absolute Gasteiger partial charge is 0.271 e. The lowest BCUT2D eigenvalue weighted by Crippen LogP contribution is -2.15. The van der Waals surface area contributed by atoms with Crippen LogP contribution in [0, 0.1) is 10.1 Å². The van der Waals surface area contributed by atoms with Crippen molar-refractivity contribution >= 4 is 11.4 Å². The fourth-order valence-electron chi connectivity index (χ4n) is 3.34. The number of anilines is 1. The van der Waals surface area contributed by atoms with E-state index in [1.165, 1.54) is 17.7 Å². The number of hydrogen-bond acceptors (Lipinski definition) is 4. The average molecular weight is 390 g/mol. The predicted octanol–water partition coefficient (Wildman–Crippen LogP) is 6.00. The number of hydrogen-bond donors (Lipinski definition) is 2. The van der Waals surface area contributed by atoms with Crippen molar-refractivity contribution in [3.8, 4) is 0 Å². The van der Waals surface area contributed by atoms with Crippen LogP contribution < -0.4 is 5.32 Å². The van der Waals surface area contributed by atoms with Gasteiger partial charge in [-0.05, 0) is 28.7 Å². The minimum Gasteiger partial charge on any atom is -0.388 e. The van der Waals surface area contributed by atoms with Gasteiger partial charge in [-0.25, -0.2) is 0 Å². The Morgan fingerprint density at radius 2 is 1.55 bits per heavy atom. The van der Waals surface area contributed by atoms with Gasteiger partial charge in [0.05, 0.1) is 17.1 Å². The van der Waals surface area contributed by atoms with Gasteiger partial charge in [0.2, 0.25) is 0 Å². The molecule has 150 valence electrons. The first-order chi connectivity index (χ1) is 13.9. The van der Waals surface area contributed by atoms with E-state index in [9.17, 15) is 15.2 Å². The van der Waals surface area contributed by atoms with Crippen LogP contribution in [0.2, 0.25) is 0 Å². The first-order valence-electron chi connectivity index (χ1n) is 9.78. The van der Waals surface area contributed by atoms with Crippen LogP contribution in [0.3, 0.4) is 0 Å². The van der Waals surface area contributed by atoms with Gasteiger partial charge in [0, 0.05) is 24.2 Å². The number of aliphatic hydroxyl groups is 1. The molecule has 0 aliphatic heterocycles. The fraction of sp³-hybridized carbons (Fsp3) is 0.250. The van der Waals surface area contributed by atoms with Gasteiger partial charge in [-0.2, -0.15) is 0 Å². The molecule has 0 amide bonds. The van der Waals surface area contributed by atoms with Gasteiger partial charge in [-0.1, -0.05) is 74.5 Å². The normalized spacial score (nSPS) is 13.1. The van der Waals surface area contributed by atoms with Crippen LogP contribution in [0.1, 0.15) is 55.0 Å². The molecule has 3 rings (SSSR count). The average Bonchev–Trinajstić information content (AvgIpc) is 2.74. The third-order valence-electron chi connectivity index (χ3n) is 5.05. The number of non-ortho nitro benzene ring substituents is 1. The summed E-state index contributed by atoms with van der Waals surface area (Å²) in [5, 5.41) is 25.3. The van der Waals surface area contributed by atoms with Crippen LogP contribution in [-0.2, 0) is 0 Å². The number of aliphatic hydroxyl groups excluding tert-OH is 1. The molecule has 2 atom stereocenters. The van der Waals surface area contributed by atoms with E-state index in [0.717, 1.165) is 11.1 Å². The lowest BCUT2D eigenvalue weighted by atomic mass is 9.94. The first kappa shape index (κ1) is 20.6. The fourth-order valence-corrected chi connectivity index (χ4v) is 3.34. The molecule has 0 aliphatic carbocycles. The van der Waals surface area contributed by atoms with Crippen molar-refractivity contribution in [2.75, 3.05) is 5.32 Å². The number of nitrogens with zero attached hydrogens (tertiary/aromatic N) is 1. The molecule has 0 radical (unpaired) electrons. The van der Waals surface area contributed by atoms with E-state index in [2.05, 4.69) is 43.4 Å². The molecule has 29 heavy (non-hydrogen) atoms. The van der Waals surface area contributed by atoms with Crippen molar-refractivity contribution in [1.82, 2.24) is 0 Å². The van der Waals surface area contributed by atoms with Crippen molar-refractivity contribution in [3.05, 3.63) is 106 Å². The summed E-state index contributed by atoms with van der Waals surface area (Å²) in [6.07, 6.45) is -0.217. The van der Waals surface area contributed by atoms with Gasteiger partial charge >= 0.3 is 0 Å². The second kappa shape index (κ2) is 9.34. The van der Waals surface area contributed by atoms with Gasteiger partial charge in [0.1, 0.15) is 0 Å². The van der Waals surface area contributed by atoms with E-state index in [0.29, 0.717) is 18.0 Å². The molecular weight excluding hydrogens is 364 g/mol. The number of nitrogens with one attached hydrogen (secondary N) is 1. The Hall–Kier alpha value is -3.18. The molecular formula is C24H26N2O3. The maximum atomic E-state index is 11.1. The Balaban J connectivity index is 1.88. The van der Waals surface area contributed by atoms with Crippen molar-refractivity contribution in [1.29, 1.82) is 0 Å². The van der Waals surface area contributed by atoms with E-state index in [-0.39, 0.29) is 11.7 Å². The number of rotatable bonds is 8. The summed E-state index contributed by atoms with van der Waals surface area (Å²) in [5.74, 6) is 0.433. The predicted molar refractivity (Wildman–Crippen MR) is 116 cm³/mol. The van der Waals surface area contributed by atoms with Gasteiger partial charge < -0.3 is 10.4 Å². The van der Waals surface area contributed by atoms with Crippen LogP contribution in [-0.4, -0.2) is 10.0 Å². The maximum absolute atomic E-state index is 11.1. The standard InChI is InChI=1S/C24H26N2O3/c1-17(2)18-11-13-19(14-12-18)23(16-24(27)20-7-4-3-5-8-20)25-21-9-6-10-22(15-21)26(28)29/h3-15,17,23-25,27H,16H2,1-2H3. The van der Waals surface area contributed by atoms with Gasteiger partial charge in [0.15, 0.2) is 0 Å². The molecule has 0 heterocycles. The maximum Gasteiger partial charge on any atom is 0.271 e. The Morgan fingerprint density at radius 1 is 0.897 bits per heavy atom. The molecule has 0 saturated carbocycles. The van der Waals surface area contributed by atoms with Crippen molar-refractivity contribution in [2.24, 2.45) is 0 Å². The summed E-state index contributed by atoms with van der Waals surface area (Å²) in [4.78, 5) is 10.7. The molecule has 5 nitrogen and oxygen atoms in total. The quantitative estimate of drug-likeness (QED) is 0.366. The minimum absolute atomic E-state index is 0.0347. The summed E-state index contributed by atoms with van der Waals surface area (Å²) in [6.45, 7) is 4.29.